The minimum atomic E-state index is -0.235. The van der Waals surface area contributed by atoms with Gasteiger partial charge in [-0.3, -0.25) is 4.79 Å². The number of carbonyl (C=O) groups is 2. The van der Waals surface area contributed by atoms with Gasteiger partial charge in [0.2, 0.25) is 5.91 Å². The summed E-state index contributed by atoms with van der Waals surface area (Å²) < 4.78 is 5.81. The molecule has 0 unspecified atom stereocenters. The molecule has 1 saturated carbocycles. The second-order valence-corrected chi connectivity index (χ2v) is 8.80. The molecule has 27 heavy (non-hydrogen) atoms. The van der Waals surface area contributed by atoms with Gasteiger partial charge in [0.05, 0.1) is 17.3 Å². The van der Waals surface area contributed by atoms with Crippen molar-refractivity contribution in [1.82, 2.24) is 14.8 Å². The van der Waals surface area contributed by atoms with Crippen molar-refractivity contribution in [1.29, 1.82) is 0 Å². The average Bonchev–Trinajstić information content (AvgIpc) is 3.03. The Balaban J connectivity index is 1.26. The summed E-state index contributed by atoms with van der Waals surface area (Å²) in [5.74, 6) is 0.563. The van der Waals surface area contributed by atoms with E-state index in [2.05, 4.69) is 4.98 Å². The van der Waals surface area contributed by atoms with Gasteiger partial charge >= 0.3 is 6.09 Å². The van der Waals surface area contributed by atoms with E-state index in [4.69, 9.17) is 4.74 Å². The molecule has 2 aliphatic heterocycles. The topological polar surface area (TPSA) is 62.7 Å². The first-order chi connectivity index (χ1) is 13.2. The Kier molecular flexibility index (Phi) is 5.57. The van der Waals surface area contributed by atoms with Crippen molar-refractivity contribution < 1.29 is 14.3 Å². The standard InChI is InChI=1S/C20H27N3O3S/c24-18(14-27-17-6-2-5-11-21-17)22-12-7-16(8-13-22)23-15-20(26-19(23)25)9-3-1-4-10-20/h2,5-6,11,16H,1,3-4,7-10,12-15H2. The normalized spacial score (nSPS) is 22.9. The zero-order valence-electron chi connectivity index (χ0n) is 15.6. The number of rotatable bonds is 4. The van der Waals surface area contributed by atoms with E-state index in [1.165, 1.54) is 18.2 Å². The zero-order valence-corrected chi connectivity index (χ0v) is 16.5. The van der Waals surface area contributed by atoms with Crippen LogP contribution < -0.4 is 0 Å². The lowest BCUT2D eigenvalue weighted by Gasteiger charge is -2.36. The third-order valence-electron chi connectivity index (χ3n) is 6.00. The fourth-order valence-corrected chi connectivity index (χ4v) is 5.24. The van der Waals surface area contributed by atoms with Crippen molar-refractivity contribution >= 4 is 23.8 Å². The minimum absolute atomic E-state index is 0.146. The van der Waals surface area contributed by atoms with Crippen LogP contribution in [-0.2, 0) is 9.53 Å². The Hall–Kier alpha value is -1.76. The molecule has 1 aliphatic carbocycles. The number of nitrogens with zero attached hydrogens (tertiary/aromatic N) is 3. The van der Waals surface area contributed by atoms with Gasteiger partial charge in [-0.05, 0) is 50.7 Å². The maximum Gasteiger partial charge on any atom is 0.410 e. The van der Waals surface area contributed by atoms with Gasteiger partial charge in [-0.1, -0.05) is 24.2 Å². The molecule has 3 heterocycles. The summed E-state index contributed by atoms with van der Waals surface area (Å²) in [6.07, 6.45) is 8.82. The van der Waals surface area contributed by atoms with Crippen LogP contribution in [0.4, 0.5) is 4.79 Å². The van der Waals surface area contributed by atoms with Crippen LogP contribution in [0.25, 0.3) is 0 Å². The molecule has 0 N–H and O–H groups in total. The molecular weight excluding hydrogens is 362 g/mol. The fourth-order valence-electron chi connectivity index (χ4n) is 4.47. The largest absolute Gasteiger partial charge is 0.441 e. The van der Waals surface area contributed by atoms with Gasteiger partial charge in [-0.15, -0.1) is 0 Å². The van der Waals surface area contributed by atoms with Crippen LogP contribution in [0.3, 0.4) is 0 Å². The highest BCUT2D eigenvalue weighted by molar-refractivity contribution is 7.99. The molecule has 4 rings (SSSR count). The summed E-state index contributed by atoms with van der Waals surface area (Å²) in [4.78, 5) is 33.0. The van der Waals surface area contributed by atoms with E-state index in [1.54, 1.807) is 6.20 Å². The van der Waals surface area contributed by atoms with Crippen LogP contribution in [0.15, 0.2) is 29.4 Å². The lowest BCUT2D eigenvalue weighted by atomic mass is 9.84. The zero-order chi connectivity index (χ0) is 18.7. The van der Waals surface area contributed by atoms with E-state index in [0.29, 0.717) is 18.8 Å². The van der Waals surface area contributed by atoms with Crippen LogP contribution in [0.2, 0.25) is 0 Å². The van der Waals surface area contributed by atoms with E-state index in [0.717, 1.165) is 50.1 Å². The van der Waals surface area contributed by atoms with Crippen molar-refractivity contribution in [2.24, 2.45) is 0 Å². The molecule has 2 saturated heterocycles. The van der Waals surface area contributed by atoms with E-state index in [1.807, 2.05) is 28.0 Å². The first kappa shape index (κ1) is 18.6. The first-order valence-electron chi connectivity index (χ1n) is 9.96. The summed E-state index contributed by atoms with van der Waals surface area (Å²) in [5, 5.41) is 0.873. The third-order valence-corrected chi connectivity index (χ3v) is 6.93. The van der Waals surface area contributed by atoms with E-state index < -0.39 is 0 Å². The number of likely N-dealkylation sites (tertiary alicyclic amines) is 1. The molecule has 146 valence electrons. The Morgan fingerprint density at radius 3 is 2.70 bits per heavy atom. The second-order valence-electron chi connectivity index (χ2n) is 7.81. The van der Waals surface area contributed by atoms with Gasteiger partial charge < -0.3 is 14.5 Å². The monoisotopic (exact) mass is 389 g/mol. The molecule has 3 fully saturated rings. The molecule has 0 radical (unpaired) electrons. The number of amides is 2. The molecule has 3 aliphatic rings. The molecular formula is C20H27N3O3S. The molecule has 2 amide bonds. The number of ether oxygens (including phenoxy) is 1. The summed E-state index contributed by atoms with van der Waals surface area (Å²) in [5.41, 5.74) is -0.235. The van der Waals surface area contributed by atoms with Gasteiger partial charge in [0.15, 0.2) is 0 Å². The van der Waals surface area contributed by atoms with Gasteiger partial charge in [0.1, 0.15) is 5.60 Å². The Morgan fingerprint density at radius 2 is 2.00 bits per heavy atom. The molecule has 7 heteroatoms. The highest BCUT2D eigenvalue weighted by atomic mass is 32.2. The van der Waals surface area contributed by atoms with Crippen LogP contribution in [0.1, 0.15) is 44.9 Å². The molecule has 6 nitrogen and oxygen atoms in total. The maximum atomic E-state index is 12.5. The molecule has 1 aromatic heterocycles. The molecule has 1 aromatic rings. The van der Waals surface area contributed by atoms with Gasteiger partial charge in [-0.25, -0.2) is 9.78 Å². The maximum absolute atomic E-state index is 12.5. The number of hydrogen-bond donors (Lipinski definition) is 0. The molecule has 0 atom stereocenters. The van der Waals surface area contributed by atoms with Crippen LogP contribution in [0, 0.1) is 0 Å². The van der Waals surface area contributed by atoms with Crippen molar-refractivity contribution in [2.75, 3.05) is 25.4 Å². The van der Waals surface area contributed by atoms with Crippen molar-refractivity contribution in [3.63, 3.8) is 0 Å². The summed E-state index contributed by atoms with van der Waals surface area (Å²) >= 11 is 1.48. The van der Waals surface area contributed by atoms with E-state index in [-0.39, 0.29) is 23.6 Å². The quantitative estimate of drug-likeness (QED) is 0.739. The number of carbonyl (C=O) groups excluding carboxylic acids is 2. The SMILES string of the molecule is O=C(CSc1ccccn1)N1CCC(N2CC3(CCCCC3)OC2=O)CC1. The summed E-state index contributed by atoms with van der Waals surface area (Å²) in [6, 6.07) is 5.92. The first-order valence-corrected chi connectivity index (χ1v) is 11.0. The van der Waals surface area contributed by atoms with Gasteiger partial charge in [0.25, 0.3) is 0 Å². The Bertz CT molecular complexity index is 670. The smallest absolute Gasteiger partial charge is 0.410 e. The highest BCUT2D eigenvalue weighted by Crippen LogP contribution is 2.38. The number of piperidine rings is 1. The van der Waals surface area contributed by atoms with Gasteiger partial charge in [-0.2, -0.15) is 0 Å². The molecule has 0 bridgehead atoms. The lowest BCUT2D eigenvalue weighted by Crippen LogP contribution is -2.48. The molecule has 0 aromatic carbocycles. The van der Waals surface area contributed by atoms with Crippen molar-refractivity contribution in [3.05, 3.63) is 24.4 Å². The lowest BCUT2D eigenvalue weighted by molar-refractivity contribution is -0.129. The predicted octanol–water partition coefficient (Wildman–Crippen LogP) is 3.32. The Morgan fingerprint density at radius 1 is 1.22 bits per heavy atom. The van der Waals surface area contributed by atoms with Crippen LogP contribution in [0.5, 0.6) is 0 Å². The number of pyridine rings is 1. The minimum Gasteiger partial charge on any atom is -0.441 e. The number of hydrogen-bond acceptors (Lipinski definition) is 5. The third kappa shape index (κ3) is 4.23. The van der Waals surface area contributed by atoms with Crippen LogP contribution in [-0.4, -0.2) is 63.8 Å². The average molecular weight is 390 g/mol. The predicted molar refractivity (Wildman–Crippen MR) is 104 cm³/mol. The van der Waals surface area contributed by atoms with E-state index >= 15 is 0 Å². The van der Waals surface area contributed by atoms with E-state index in [9.17, 15) is 9.59 Å². The number of thioether (sulfide) groups is 1. The number of aromatic nitrogens is 1. The van der Waals surface area contributed by atoms with Crippen LogP contribution >= 0.6 is 11.8 Å². The second kappa shape index (κ2) is 8.09. The highest BCUT2D eigenvalue weighted by Gasteiger charge is 2.48. The van der Waals surface area contributed by atoms with Crippen molar-refractivity contribution in [2.45, 2.75) is 61.6 Å². The van der Waals surface area contributed by atoms with Gasteiger partial charge in [0, 0.05) is 25.3 Å². The fraction of sp³-hybridized carbons (Fsp3) is 0.650. The Labute approximate surface area is 164 Å². The van der Waals surface area contributed by atoms with Crippen molar-refractivity contribution in [3.8, 4) is 0 Å². The summed E-state index contributed by atoms with van der Waals surface area (Å²) in [7, 11) is 0. The molecule has 1 spiro atoms. The summed E-state index contributed by atoms with van der Waals surface area (Å²) in [6.45, 7) is 2.16.